The van der Waals surface area contributed by atoms with Gasteiger partial charge in [-0.05, 0) is 35.4 Å². The molecule has 0 saturated carbocycles. The number of aliphatic hydroxyl groups is 1. The van der Waals surface area contributed by atoms with Gasteiger partial charge in [0.2, 0.25) is 6.79 Å². The van der Waals surface area contributed by atoms with Gasteiger partial charge in [0, 0.05) is 16.5 Å². The Balaban J connectivity index is 1.85. The molecule has 0 spiro atoms. The van der Waals surface area contributed by atoms with Crippen LogP contribution in [0.1, 0.15) is 17.2 Å². The zero-order valence-corrected chi connectivity index (χ0v) is 13.0. The van der Waals surface area contributed by atoms with Crippen molar-refractivity contribution in [1.82, 2.24) is 0 Å². The van der Waals surface area contributed by atoms with Crippen molar-refractivity contribution in [3.05, 3.63) is 56.5 Å². The lowest BCUT2D eigenvalue weighted by molar-refractivity contribution is 0.171. The van der Waals surface area contributed by atoms with Gasteiger partial charge >= 0.3 is 0 Å². The molecule has 2 aromatic rings. The van der Waals surface area contributed by atoms with Crippen LogP contribution in [0.3, 0.4) is 0 Å². The van der Waals surface area contributed by atoms with E-state index in [4.69, 9.17) is 44.3 Å². The molecule has 0 aromatic heterocycles. The predicted octanol–water partition coefficient (Wildman–Crippen LogP) is 4.65. The maximum atomic E-state index is 10.4. The SMILES string of the molecule is OC(Cc1ccc(Cl)cc1Cl)c1cc(Cl)c2c(c1)OCO2. The van der Waals surface area contributed by atoms with Crippen molar-refractivity contribution in [2.45, 2.75) is 12.5 Å². The average Bonchev–Trinajstić information content (AvgIpc) is 2.90. The number of benzene rings is 2. The zero-order chi connectivity index (χ0) is 15.0. The van der Waals surface area contributed by atoms with Crippen molar-refractivity contribution >= 4 is 34.8 Å². The Labute approximate surface area is 137 Å². The van der Waals surface area contributed by atoms with Crippen molar-refractivity contribution in [2.24, 2.45) is 0 Å². The van der Waals surface area contributed by atoms with Crippen LogP contribution in [0.25, 0.3) is 0 Å². The predicted molar refractivity (Wildman–Crippen MR) is 82.7 cm³/mol. The van der Waals surface area contributed by atoms with E-state index in [2.05, 4.69) is 0 Å². The fourth-order valence-electron chi connectivity index (χ4n) is 2.19. The van der Waals surface area contributed by atoms with Crippen LogP contribution >= 0.6 is 34.8 Å². The molecule has 0 amide bonds. The Kier molecular flexibility index (Phi) is 4.18. The first-order chi connectivity index (χ1) is 10.0. The smallest absolute Gasteiger partial charge is 0.231 e. The van der Waals surface area contributed by atoms with Crippen molar-refractivity contribution in [3.8, 4) is 11.5 Å². The minimum Gasteiger partial charge on any atom is -0.454 e. The first-order valence-electron chi connectivity index (χ1n) is 6.25. The molecule has 3 rings (SSSR count). The normalized spacial score (nSPS) is 14.3. The summed E-state index contributed by atoms with van der Waals surface area (Å²) in [4.78, 5) is 0. The summed E-state index contributed by atoms with van der Waals surface area (Å²) >= 11 is 18.1. The molecule has 1 atom stereocenters. The molecule has 6 heteroatoms. The van der Waals surface area contributed by atoms with Crippen LogP contribution in [-0.4, -0.2) is 11.9 Å². The highest BCUT2D eigenvalue weighted by molar-refractivity contribution is 6.35. The third-order valence-electron chi connectivity index (χ3n) is 3.26. The van der Waals surface area contributed by atoms with Crippen LogP contribution in [0.4, 0.5) is 0 Å². The number of hydrogen-bond acceptors (Lipinski definition) is 3. The Bertz CT molecular complexity index is 688. The largest absolute Gasteiger partial charge is 0.454 e. The third kappa shape index (κ3) is 3.06. The average molecular weight is 346 g/mol. The minimum atomic E-state index is -0.754. The quantitative estimate of drug-likeness (QED) is 0.880. The van der Waals surface area contributed by atoms with Gasteiger partial charge in [-0.25, -0.2) is 0 Å². The number of hydrogen-bond donors (Lipinski definition) is 1. The van der Waals surface area contributed by atoms with E-state index in [1.165, 1.54) is 0 Å². The second-order valence-corrected chi connectivity index (χ2v) is 5.94. The van der Waals surface area contributed by atoms with E-state index >= 15 is 0 Å². The van der Waals surface area contributed by atoms with Gasteiger partial charge in [-0.3, -0.25) is 0 Å². The lowest BCUT2D eigenvalue weighted by Crippen LogP contribution is -2.02. The summed E-state index contributed by atoms with van der Waals surface area (Å²) in [7, 11) is 0. The van der Waals surface area contributed by atoms with Crippen molar-refractivity contribution in [3.63, 3.8) is 0 Å². The molecule has 1 heterocycles. The number of fused-ring (bicyclic) bond motifs is 1. The standard InChI is InChI=1S/C15H11Cl3O3/c16-10-2-1-8(11(17)6-10)4-13(19)9-3-12(18)15-14(5-9)20-7-21-15/h1-3,5-6,13,19H,4,7H2. The van der Waals surface area contributed by atoms with Gasteiger partial charge in [0.15, 0.2) is 11.5 Å². The fraction of sp³-hybridized carbons (Fsp3) is 0.200. The molecular weight excluding hydrogens is 335 g/mol. The number of ether oxygens (including phenoxy) is 2. The molecule has 110 valence electrons. The van der Waals surface area contributed by atoms with E-state index in [-0.39, 0.29) is 6.79 Å². The maximum Gasteiger partial charge on any atom is 0.231 e. The summed E-state index contributed by atoms with van der Waals surface area (Å²) in [5.41, 5.74) is 1.46. The van der Waals surface area contributed by atoms with Gasteiger partial charge in [-0.1, -0.05) is 40.9 Å². The van der Waals surface area contributed by atoms with Gasteiger partial charge in [0.05, 0.1) is 11.1 Å². The molecule has 1 aliphatic rings. The summed E-state index contributed by atoms with van der Waals surface area (Å²) in [6.45, 7) is 0.137. The summed E-state index contributed by atoms with van der Waals surface area (Å²) in [6.07, 6.45) is -0.401. The van der Waals surface area contributed by atoms with Crippen LogP contribution in [0, 0.1) is 0 Å². The Morgan fingerprint density at radius 3 is 2.62 bits per heavy atom. The topological polar surface area (TPSA) is 38.7 Å². The molecule has 0 saturated heterocycles. The number of halogens is 3. The number of rotatable bonds is 3. The Hall–Kier alpha value is -1.13. The lowest BCUT2D eigenvalue weighted by Gasteiger charge is -2.13. The van der Waals surface area contributed by atoms with E-state index < -0.39 is 6.10 Å². The summed E-state index contributed by atoms with van der Waals surface area (Å²) in [5.74, 6) is 1.05. The van der Waals surface area contributed by atoms with E-state index in [0.29, 0.717) is 38.6 Å². The molecule has 2 aromatic carbocycles. The van der Waals surface area contributed by atoms with Crippen molar-refractivity contribution in [1.29, 1.82) is 0 Å². The Morgan fingerprint density at radius 1 is 1.05 bits per heavy atom. The van der Waals surface area contributed by atoms with Gasteiger partial charge in [-0.2, -0.15) is 0 Å². The second kappa shape index (κ2) is 5.93. The van der Waals surface area contributed by atoms with Crippen LogP contribution in [0.5, 0.6) is 11.5 Å². The molecule has 1 unspecified atom stereocenters. The van der Waals surface area contributed by atoms with Gasteiger partial charge in [0.25, 0.3) is 0 Å². The summed E-state index contributed by atoms with van der Waals surface area (Å²) in [5, 5.41) is 11.9. The molecule has 1 aliphatic heterocycles. The molecule has 0 bridgehead atoms. The molecule has 0 fully saturated rings. The van der Waals surface area contributed by atoms with Crippen molar-refractivity contribution < 1.29 is 14.6 Å². The Morgan fingerprint density at radius 2 is 1.86 bits per heavy atom. The van der Waals surface area contributed by atoms with E-state index in [1.54, 1.807) is 30.3 Å². The third-order valence-corrected chi connectivity index (χ3v) is 4.13. The summed E-state index contributed by atoms with van der Waals surface area (Å²) < 4.78 is 10.5. The molecule has 0 aliphatic carbocycles. The molecule has 21 heavy (non-hydrogen) atoms. The number of aliphatic hydroxyl groups excluding tert-OH is 1. The molecule has 1 N–H and O–H groups in total. The van der Waals surface area contributed by atoms with E-state index in [1.807, 2.05) is 0 Å². The second-order valence-electron chi connectivity index (χ2n) is 4.69. The highest BCUT2D eigenvalue weighted by atomic mass is 35.5. The lowest BCUT2D eigenvalue weighted by atomic mass is 10.0. The van der Waals surface area contributed by atoms with E-state index in [0.717, 1.165) is 5.56 Å². The fourth-order valence-corrected chi connectivity index (χ4v) is 2.95. The van der Waals surface area contributed by atoms with Crippen LogP contribution in [-0.2, 0) is 6.42 Å². The van der Waals surface area contributed by atoms with Gasteiger partial charge < -0.3 is 14.6 Å². The summed E-state index contributed by atoms with van der Waals surface area (Å²) in [6, 6.07) is 8.58. The minimum absolute atomic E-state index is 0.137. The first kappa shape index (κ1) is 14.8. The zero-order valence-electron chi connectivity index (χ0n) is 10.8. The van der Waals surface area contributed by atoms with Crippen molar-refractivity contribution in [2.75, 3.05) is 6.79 Å². The molecule has 0 radical (unpaired) electrons. The van der Waals surface area contributed by atoms with Gasteiger partial charge in [-0.15, -0.1) is 0 Å². The van der Waals surface area contributed by atoms with Crippen LogP contribution in [0.2, 0.25) is 15.1 Å². The van der Waals surface area contributed by atoms with Crippen LogP contribution < -0.4 is 9.47 Å². The van der Waals surface area contributed by atoms with Crippen LogP contribution in [0.15, 0.2) is 30.3 Å². The highest BCUT2D eigenvalue weighted by Crippen LogP contribution is 2.41. The molecular formula is C15H11Cl3O3. The van der Waals surface area contributed by atoms with Gasteiger partial charge in [0.1, 0.15) is 0 Å². The highest BCUT2D eigenvalue weighted by Gasteiger charge is 2.21. The molecule has 3 nitrogen and oxygen atoms in total. The monoisotopic (exact) mass is 344 g/mol. The van der Waals surface area contributed by atoms with E-state index in [9.17, 15) is 5.11 Å². The first-order valence-corrected chi connectivity index (χ1v) is 7.39. The maximum absolute atomic E-state index is 10.4.